The minimum absolute atomic E-state index is 0.0165. The Kier molecular flexibility index (Phi) is 4.59. The lowest BCUT2D eigenvalue weighted by molar-refractivity contribution is 0.499. The molecule has 0 amide bonds. The first kappa shape index (κ1) is 15.6. The van der Waals surface area contributed by atoms with Gasteiger partial charge in [-0.3, -0.25) is 5.32 Å². The number of halogens is 2. The normalized spacial score (nSPS) is 21.6. The van der Waals surface area contributed by atoms with Crippen molar-refractivity contribution in [3.05, 3.63) is 23.8 Å². The summed E-state index contributed by atoms with van der Waals surface area (Å²) in [6.45, 7) is 8.42. The first-order valence-electron chi connectivity index (χ1n) is 6.98. The number of hydrogen-bond acceptors (Lipinski definition) is 3. The molecule has 2 unspecified atom stereocenters. The van der Waals surface area contributed by atoms with E-state index in [9.17, 15) is 8.78 Å². The van der Waals surface area contributed by atoms with Crippen LogP contribution in [0.3, 0.4) is 0 Å². The van der Waals surface area contributed by atoms with E-state index in [1.54, 1.807) is 0 Å². The van der Waals surface area contributed by atoms with Crippen molar-refractivity contribution in [2.45, 2.75) is 51.2 Å². The Morgan fingerprint density at radius 3 is 2.50 bits per heavy atom. The summed E-state index contributed by atoms with van der Waals surface area (Å²) in [5.41, 5.74) is 0.986. The van der Waals surface area contributed by atoms with Crippen LogP contribution in [-0.2, 0) is 0 Å². The Morgan fingerprint density at radius 1 is 1.35 bits per heavy atom. The summed E-state index contributed by atoms with van der Waals surface area (Å²) < 4.78 is 26.7. The zero-order valence-corrected chi connectivity index (χ0v) is 13.2. The summed E-state index contributed by atoms with van der Waals surface area (Å²) >= 11 is 1.50. The highest BCUT2D eigenvalue weighted by Gasteiger charge is 2.45. The van der Waals surface area contributed by atoms with Gasteiger partial charge in [0.15, 0.2) is 11.6 Å². The predicted molar refractivity (Wildman–Crippen MR) is 81.2 cm³/mol. The van der Waals surface area contributed by atoms with E-state index < -0.39 is 11.6 Å². The zero-order chi connectivity index (χ0) is 14.9. The van der Waals surface area contributed by atoms with Gasteiger partial charge in [-0.05, 0) is 30.6 Å². The molecule has 2 nitrogen and oxygen atoms in total. The molecule has 1 aromatic rings. The highest BCUT2D eigenvalue weighted by Crippen LogP contribution is 2.44. The molecule has 112 valence electrons. The lowest BCUT2D eigenvalue weighted by Gasteiger charge is -2.20. The molecule has 0 bridgehead atoms. The topological polar surface area (TPSA) is 24.1 Å². The first-order chi connectivity index (χ1) is 9.33. The average Bonchev–Trinajstić information content (AvgIpc) is 2.93. The van der Waals surface area contributed by atoms with Crippen LogP contribution in [0.15, 0.2) is 17.0 Å². The molecule has 0 saturated heterocycles. The molecule has 1 aliphatic rings. The van der Waals surface area contributed by atoms with Gasteiger partial charge in [-0.25, -0.2) is 8.78 Å². The van der Waals surface area contributed by atoms with E-state index in [4.69, 9.17) is 0 Å². The second kappa shape index (κ2) is 5.90. The molecule has 0 heterocycles. The maximum absolute atomic E-state index is 13.4. The van der Waals surface area contributed by atoms with E-state index >= 15 is 0 Å². The molecular formula is C15H22F2N2S. The van der Waals surface area contributed by atoms with Crippen molar-refractivity contribution in [2.24, 2.45) is 5.41 Å². The van der Waals surface area contributed by atoms with Crippen molar-refractivity contribution in [1.82, 2.24) is 5.32 Å². The molecule has 1 fully saturated rings. The van der Waals surface area contributed by atoms with Crippen LogP contribution in [0.2, 0.25) is 0 Å². The van der Waals surface area contributed by atoms with Gasteiger partial charge < -0.3 is 5.32 Å². The minimum Gasteiger partial charge on any atom is -0.369 e. The van der Waals surface area contributed by atoms with Crippen molar-refractivity contribution in [2.75, 3.05) is 11.1 Å². The lowest BCUT2D eigenvalue weighted by atomic mass is 10.2. The molecule has 1 aromatic carbocycles. The van der Waals surface area contributed by atoms with Gasteiger partial charge in [0.05, 0.1) is 11.9 Å². The van der Waals surface area contributed by atoms with Crippen molar-refractivity contribution < 1.29 is 8.78 Å². The fourth-order valence-electron chi connectivity index (χ4n) is 2.24. The highest BCUT2D eigenvalue weighted by atomic mass is 32.2. The molecule has 20 heavy (non-hydrogen) atoms. The average molecular weight is 300 g/mol. The zero-order valence-electron chi connectivity index (χ0n) is 12.4. The molecule has 1 saturated carbocycles. The smallest absolute Gasteiger partial charge is 0.160 e. The fraction of sp³-hybridized carbons (Fsp3) is 0.600. The summed E-state index contributed by atoms with van der Waals surface area (Å²) in [6.07, 6.45) is 1.16. The van der Waals surface area contributed by atoms with Crippen LogP contribution in [-0.4, -0.2) is 18.0 Å². The number of thioether (sulfide) groups is 1. The number of hydrogen-bond donors (Lipinski definition) is 2. The third-order valence-corrected chi connectivity index (χ3v) is 4.60. The molecular weight excluding hydrogens is 278 g/mol. The molecule has 0 aromatic heterocycles. The van der Waals surface area contributed by atoms with Gasteiger partial charge in [-0.2, -0.15) is 0 Å². The van der Waals surface area contributed by atoms with Gasteiger partial charge in [0.1, 0.15) is 0 Å². The van der Waals surface area contributed by atoms with Crippen LogP contribution >= 0.6 is 11.8 Å². The quantitative estimate of drug-likeness (QED) is 0.607. The minimum atomic E-state index is -0.813. The molecule has 0 radical (unpaired) electrons. The number of anilines is 1. The van der Waals surface area contributed by atoms with E-state index in [-0.39, 0.29) is 6.17 Å². The Balaban J connectivity index is 2.05. The highest BCUT2D eigenvalue weighted by molar-refractivity contribution is 7.99. The lowest BCUT2D eigenvalue weighted by Crippen LogP contribution is -2.36. The van der Waals surface area contributed by atoms with Crippen molar-refractivity contribution >= 4 is 17.4 Å². The van der Waals surface area contributed by atoms with E-state index in [0.29, 0.717) is 17.1 Å². The van der Waals surface area contributed by atoms with Gasteiger partial charge in [0, 0.05) is 17.0 Å². The van der Waals surface area contributed by atoms with Crippen LogP contribution in [0.5, 0.6) is 0 Å². The van der Waals surface area contributed by atoms with Crippen LogP contribution in [0, 0.1) is 17.0 Å². The summed E-state index contributed by atoms with van der Waals surface area (Å²) in [7, 11) is 0. The maximum Gasteiger partial charge on any atom is 0.160 e. The van der Waals surface area contributed by atoms with Crippen LogP contribution < -0.4 is 10.6 Å². The van der Waals surface area contributed by atoms with Gasteiger partial charge in [-0.15, -0.1) is 11.8 Å². The molecule has 2 rings (SSSR count). The summed E-state index contributed by atoms with van der Waals surface area (Å²) in [5.74, 6) is -0.792. The summed E-state index contributed by atoms with van der Waals surface area (Å²) in [4.78, 5) is 0.745. The van der Waals surface area contributed by atoms with Crippen LogP contribution in [0.4, 0.5) is 14.5 Å². The Labute approximate surface area is 123 Å². The SMILES string of the molecule is CCSc1cc(F)c(F)cc1NC(C)NC1CC1(C)C. The van der Waals surface area contributed by atoms with Crippen molar-refractivity contribution in [3.63, 3.8) is 0 Å². The van der Waals surface area contributed by atoms with Crippen LogP contribution in [0.25, 0.3) is 0 Å². The van der Waals surface area contributed by atoms with Gasteiger partial charge in [0.2, 0.25) is 0 Å². The molecule has 0 spiro atoms. The van der Waals surface area contributed by atoms with E-state index in [2.05, 4.69) is 24.5 Å². The van der Waals surface area contributed by atoms with Gasteiger partial charge in [0.25, 0.3) is 0 Å². The molecule has 2 atom stereocenters. The van der Waals surface area contributed by atoms with Gasteiger partial charge >= 0.3 is 0 Å². The summed E-state index contributed by atoms with van der Waals surface area (Å²) in [5, 5.41) is 6.69. The third-order valence-electron chi connectivity index (χ3n) is 3.66. The van der Waals surface area contributed by atoms with Gasteiger partial charge in [-0.1, -0.05) is 20.8 Å². The predicted octanol–water partition coefficient (Wildman–Crippen LogP) is 4.22. The fourth-order valence-corrected chi connectivity index (χ4v) is 3.02. The van der Waals surface area contributed by atoms with Crippen molar-refractivity contribution in [3.8, 4) is 0 Å². The number of rotatable bonds is 6. The standard InChI is InChI=1S/C15H22F2N2S/c1-5-20-13-7-11(17)10(16)6-12(13)18-9(2)19-14-8-15(14,3)4/h6-7,9,14,18-19H,5,8H2,1-4H3. The molecule has 0 aliphatic heterocycles. The Morgan fingerprint density at radius 2 is 1.95 bits per heavy atom. The second-order valence-electron chi connectivity index (χ2n) is 5.97. The maximum atomic E-state index is 13.4. The number of benzene rings is 1. The third kappa shape index (κ3) is 3.64. The summed E-state index contributed by atoms with van der Waals surface area (Å²) in [6, 6.07) is 2.99. The second-order valence-corrected chi connectivity index (χ2v) is 7.28. The molecule has 1 aliphatic carbocycles. The van der Waals surface area contributed by atoms with E-state index in [1.165, 1.54) is 23.9 Å². The number of nitrogens with one attached hydrogen (secondary N) is 2. The van der Waals surface area contributed by atoms with Crippen LogP contribution in [0.1, 0.15) is 34.1 Å². The molecule has 2 N–H and O–H groups in total. The monoisotopic (exact) mass is 300 g/mol. The first-order valence-corrected chi connectivity index (χ1v) is 7.96. The largest absolute Gasteiger partial charge is 0.369 e. The van der Waals surface area contributed by atoms with E-state index in [1.807, 2.05) is 13.8 Å². The van der Waals surface area contributed by atoms with E-state index in [0.717, 1.165) is 17.1 Å². The molecule has 5 heteroatoms. The Bertz CT molecular complexity index is 491. The van der Waals surface area contributed by atoms with Crippen molar-refractivity contribution in [1.29, 1.82) is 0 Å². The Hall–Kier alpha value is -0.810.